The summed E-state index contributed by atoms with van der Waals surface area (Å²) in [5.41, 5.74) is 3.44. The molecule has 1 aromatic rings. The molecule has 24 heavy (non-hydrogen) atoms. The molecule has 2 rings (SSSR count). The molecule has 0 radical (unpaired) electrons. The van der Waals surface area contributed by atoms with Gasteiger partial charge < -0.3 is 10.1 Å². The fourth-order valence-electron chi connectivity index (χ4n) is 2.23. The second kappa shape index (κ2) is 9.74. The molecule has 1 saturated heterocycles. The van der Waals surface area contributed by atoms with Gasteiger partial charge in [0.05, 0.1) is 19.6 Å². The van der Waals surface area contributed by atoms with Gasteiger partial charge in [0.2, 0.25) is 5.91 Å². The lowest BCUT2D eigenvalue weighted by atomic mass is 10.2. The van der Waals surface area contributed by atoms with E-state index in [0.29, 0.717) is 17.8 Å². The number of pyridine rings is 1. The summed E-state index contributed by atoms with van der Waals surface area (Å²) in [6, 6.07) is 3.19. The molecule has 0 spiro atoms. The van der Waals surface area contributed by atoms with Crippen LogP contribution in [0.5, 0.6) is 0 Å². The van der Waals surface area contributed by atoms with Crippen LogP contribution < -0.4 is 10.7 Å². The van der Waals surface area contributed by atoms with E-state index in [1.165, 1.54) is 12.4 Å². The molecule has 0 aromatic carbocycles. The SMILES string of the molecule is C/C(CC(=O)NCCN1CCOCC1)=N/NC(=O)c1ccncc1. The maximum Gasteiger partial charge on any atom is 0.271 e. The molecule has 2 N–H and O–H groups in total. The molecule has 0 unspecified atom stereocenters. The first-order valence-corrected chi connectivity index (χ1v) is 7.95. The van der Waals surface area contributed by atoms with Crippen molar-refractivity contribution in [3.05, 3.63) is 30.1 Å². The molecule has 1 fully saturated rings. The van der Waals surface area contributed by atoms with E-state index in [0.717, 1.165) is 32.8 Å². The molecule has 0 bridgehead atoms. The van der Waals surface area contributed by atoms with E-state index >= 15 is 0 Å². The molecule has 8 heteroatoms. The fraction of sp³-hybridized carbons (Fsp3) is 0.500. The Kier molecular flexibility index (Phi) is 7.31. The van der Waals surface area contributed by atoms with Crippen LogP contribution in [0.25, 0.3) is 0 Å². The molecule has 2 amide bonds. The van der Waals surface area contributed by atoms with Crippen molar-refractivity contribution in [3.63, 3.8) is 0 Å². The number of nitrogens with one attached hydrogen (secondary N) is 2. The average Bonchev–Trinajstić information content (AvgIpc) is 2.61. The fourth-order valence-corrected chi connectivity index (χ4v) is 2.23. The second-order valence-electron chi connectivity index (χ2n) is 5.50. The van der Waals surface area contributed by atoms with E-state index in [4.69, 9.17) is 4.74 Å². The van der Waals surface area contributed by atoms with E-state index in [1.54, 1.807) is 19.1 Å². The van der Waals surface area contributed by atoms with Gasteiger partial charge in [0.15, 0.2) is 0 Å². The number of ether oxygens (including phenoxy) is 1. The van der Waals surface area contributed by atoms with Crippen molar-refractivity contribution in [2.75, 3.05) is 39.4 Å². The minimum atomic E-state index is -0.329. The van der Waals surface area contributed by atoms with Crippen molar-refractivity contribution in [3.8, 4) is 0 Å². The summed E-state index contributed by atoms with van der Waals surface area (Å²) in [6.07, 6.45) is 3.22. The Morgan fingerprint density at radius 2 is 2.00 bits per heavy atom. The normalized spacial score (nSPS) is 15.8. The zero-order chi connectivity index (χ0) is 17.2. The van der Waals surface area contributed by atoms with Crippen molar-refractivity contribution < 1.29 is 14.3 Å². The van der Waals surface area contributed by atoms with Crippen LogP contribution in [0.2, 0.25) is 0 Å². The van der Waals surface area contributed by atoms with Gasteiger partial charge in [-0.1, -0.05) is 0 Å². The molecule has 0 saturated carbocycles. The van der Waals surface area contributed by atoms with Crippen LogP contribution >= 0.6 is 0 Å². The molecule has 0 atom stereocenters. The van der Waals surface area contributed by atoms with Crippen LogP contribution in [0.3, 0.4) is 0 Å². The van der Waals surface area contributed by atoms with Gasteiger partial charge in [0, 0.05) is 49.8 Å². The number of morpholine rings is 1. The van der Waals surface area contributed by atoms with Gasteiger partial charge in [-0.3, -0.25) is 19.5 Å². The van der Waals surface area contributed by atoms with Crippen LogP contribution in [-0.4, -0.2) is 66.8 Å². The predicted octanol–water partition coefficient (Wildman–Crippen LogP) is 0.0258. The molecule has 1 aromatic heterocycles. The smallest absolute Gasteiger partial charge is 0.271 e. The van der Waals surface area contributed by atoms with Crippen molar-refractivity contribution in [2.45, 2.75) is 13.3 Å². The Morgan fingerprint density at radius 3 is 2.71 bits per heavy atom. The Labute approximate surface area is 141 Å². The standard InChI is InChI=1S/C16H23N5O3/c1-13(19-20-16(23)14-2-4-17-5-3-14)12-15(22)18-6-7-21-8-10-24-11-9-21/h2-5H,6-12H2,1H3,(H,18,22)(H,20,23)/b19-13-. The molecular formula is C16H23N5O3. The van der Waals surface area contributed by atoms with E-state index in [-0.39, 0.29) is 18.2 Å². The van der Waals surface area contributed by atoms with Gasteiger partial charge in [0.1, 0.15) is 0 Å². The van der Waals surface area contributed by atoms with Gasteiger partial charge in [-0.2, -0.15) is 5.10 Å². The lowest BCUT2D eigenvalue weighted by Crippen LogP contribution is -2.41. The lowest BCUT2D eigenvalue weighted by molar-refractivity contribution is -0.120. The van der Waals surface area contributed by atoms with E-state index in [9.17, 15) is 9.59 Å². The molecule has 130 valence electrons. The first-order chi connectivity index (χ1) is 11.6. The zero-order valence-electron chi connectivity index (χ0n) is 13.8. The summed E-state index contributed by atoms with van der Waals surface area (Å²) in [5.74, 6) is -0.438. The number of hydrazone groups is 1. The maximum absolute atomic E-state index is 11.9. The highest BCUT2D eigenvalue weighted by Gasteiger charge is 2.10. The topological polar surface area (TPSA) is 95.9 Å². The summed E-state index contributed by atoms with van der Waals surface area (Å²) in [6.45, 7) is 6.40. The third kappa shape index (κ3) is 6.43. The molecule has 0 aliphatic carbocycles. The average molecular weight is 333 g/mol. The first-order valence-electron chi connectivity index (χ1n) is 7.95. The highest BCUT2D eigenvalue weighted by Crippen LogP contribution is 1.97. The second-order valence-corrected chi connectivity index (χ2v) is 5.50. The summed E-state index contributed by atoms with van der Waals surface area (Å²) < 4.78 is 5.28. The number of amides is 2. The zero-order valence-corrected chi connectivity index (χ0v) is 13.8. The number of hydrogen-bond acceptors (Lipinski definition) is 6. The van der Waals surface area contributed by atoms with Crippen molar-refractivity contribution >= 4 is 17.5 Å². The van der Waals surface area contributed by atoms with Crippen LogP contribution in [0.15, 0.2) is 29.6 Å². The summed E-state index contributed by atoms with van der Waals surface area (Å²) in [7, 11) is 0. The molecule has 2 heterocycles. The number of carbonyl (C=O) groups is 2. The minimum Gasteiger partial charge on any atom is -0.379 e. The van der Waals surface area contributed by atoms with Crippen LogP contribution in [-0.2, 0) is 9.53 Å². The lowest BCUT2D eigenvalue weighted by Gasteiger charge is -2.26. The minimum absolute atomic E-state index is 0.109. The number of carbonyl (C=O) groups excluding carboxylic acids is 2. The quantitative estimate of drug-likeness (QED) is 0.542. The van der Waals surface area contributed by atoms with Gasteiger partial charge in [-0.15, -0.1) is 0 Å². The van der Waals surface area contributed by atoms with Crippen LogP contribution in [0.1, 0.15) is 23.7 Å². The monoisotopic (exact) mass is 333 g/mol. The summed E-state index contributed by atoms with van der Waals surface area (Å²) in [4.78, 5) is 29.8. The van der Waals surface area contributed by atoms with Gasteiger partial charge in [-0.25, -0.2) is 5.43 Å². The van der Waals surface area contributed by atoms with E-state index < -0.39 is 0 Å². The summed E-state index contributed by atoms with van der Waals surface area (Å²) >= 11 is 0. The molecule has 8 nitrogen and oxygen atoms in total. The highest BCUT2D eigenvalue weighted by molar-refractivity contribution is 6.01. The van der Waals surface area contributed by atoms with Crippen LogP contribution in [0.4, 0.5) is 0 Å². The Hall–Kier alpha value is -2.32. The van der Waals surface area contributed by atoms with Crippen LogP contribution in [0, 0.1) is 0 Å². The van der Waals surface area contributed by atoms with E-state index in [2.05, 4.69) is 25.7 Å². The Morgan fingerprint density at radius 1 is 1.29 bits per heavy atom. The van der Waals surface area contributed by atoms with Gasteiger partial charge in [-0.05, 0) is 19.1 Å². The maximum atomic E-state index is 11.9. The molecule has 1 aliphatic rings. The molecule has 1 aliphatic heterocycles. The molecular weight excluding hydrogens is 310 g/mol. The number of rotatable bonds is 7. The highest BCUT2D eigenvalue weighted by atomic mass is 16.5. The third-order valence-corrected chi connectivity index (χ3v) is 3.56. The van der Waals surface area contributed by atoms with Gasteiger partial charge in [0.25, 0.3) is 5.91 Å². The first kappa shape index (κ1) is 18.0. The third-order valence-electron chi connectivity index (χ3n) is 3.56. The van der Waals surface area contributed by atoms with Crippen molar-refractivity contribution in [1.82, 2.24) is 20.6 Å². The van der Waals surface area contributed by atoms with Crippen molar-refractivity contribution in [1.29, 1.82) is 0 Å². The summed E-state index contributed by atoms with van der Waals surface area (Å²) in [5, 5.41) is 6.80. The number of hydrogen-bond donors (Lipinski definition) is 2. The number of aromatic nitrogens is 1. The Bertz CT molecular complexity index is 570. The largest absolute Gasteiger partial charge is 0.379 e. The Balaban J connectivity index is 1.66. The van der Waals surface area contributed by atoms with Crippen molar-refractivity contribution in [2.24, 2.45) is 5.10 Å². The van der Waals surface area contributed by atoms with E-state index in [1.807, 2.05) is 0 Å². The van der Waals surface area contributed by atoms with Gasteiger partial charge >= 0.3 is 0 Å². The predicted molar refractivity (Wildman–Crippen MR) is 89.7 cm³/mol. The number of nitrogens with zero attached hydrogens (tertiary/aromatic N) is 3.